The molecular formula is C15H21NO. The molecule has 1 N–H and O–H groups in total. The lowest BCUT2D eigenvalue weighted by atomic mass is 9.67. The number of fused-ring (bicyclic) bond motifs is 1. The van der Waals surface area contributed by atoms with Crippen molar-refractivity contribution in [2.75, 3.05) is 20.1 Å². The molecule has 2 aliphatic rings. The Balaban J connectivity index is 1.95. The Hall–Kier alpha value is -0.860. The maximum absolute atomic E-state index is 11.1. The molecule has 2 fully saturated rings. The number of likely N-dealkylation sites (tertiary alicyclic amines) is 1. The van der Waals surface area contributed by atoms with Crippen LogP contribution in [0.15, 0.2) is 30.3 Å². The SMILES string of the molecule is CN1CC2CCC[C@](O)(c3ccccc3)C2C1. The molecule has 2 unspecified atom stereocenters. The van der Waals surface area contributed by atoms with Crippen molar-refractivity contribution in [2.45, 2.75) is 24.9 Å². The summed E-state index contributed by atoms with van der Waals surface area (Å²) in [6.07, 6.45) is 3.36. The molecule has 1 aromatic carbocycles. The van der Waals surface area contributed by atoms with Gasteiger partial charge in [-0.25, -0.2) is 0 Å². The van der Waals surface area contributed by atoms with Crippen LogP contribution in [0.3, 0.4) is 0 Å². The maximum atomic E-state index is 11.1. The fourth-order valence-electron chi connectivity index (χ4n) is 3.82. The van der Waals surface area contributed by atoms with Crippen LogP contribution in [-0.2, 0) is 5.60 Å². The van der Waals surface area contributed by atoms with Crippen LogP contribution in [0.25, 0.3) is 0 Å². The molecule has 92 valence electrons. The molecular weight excluding hydrogens is 210 g/mol. The van der Waals surface area contributed by atoms with Gasteiger partial charge in [-0.15, -0.1) is 0 Å². The Morgan fingerprint density at radius 1 is 1.24 bits per heavy atom. The van der Waals surface area contributed by atoms with Gasteiger partial charge in [-0.1, -0.05) is 30.3 Å². The summed E-state index contributed by atoms with van der Waals surface area (Å²) in [6.45, 7) is 2.19. The van der Waals surface area contributed by atoms with E-state index in [9.17, 15) is 5.11 Å². The van der Waals surface area contributed by atoms with Gasteiger partial charge in [0, 0.05) is 19.0 Å². The number of hydrogen-bond donors (Lipinski definition) is 1. The highest BCUT2D eigenvalue weighted by molar-refractivity contribution is 5.25. The number of hydrogen-bond acceptors (Lipinski definition) is 2. The van der Waals surface area contributed by atoms with Gasteiger partial charge in [-0.3, -0.25) is 0 Å². The average Bonchev–Trinajstić information content (AvgIpc) is 2.73. The summed E-state index contributed by atoms with van der Waals surface area (Å²) in [7, 11) is 2.17. The molecule has 1 saturated carbocycles. The van der Waals surface area contributed by atoms with Crippen LogP contribution in [0, 0.1) is 11.8 Å². The second-order valence-electron chi connectivity index (χ2n) is 5.77. The van der Waals surface area contributed by atoms with Gasteiger partial charge in [-0.2, -0.15) is 0 Å². The van der Waals surface area contributed by atoms with Crippen molar-refractivity contribution in [3.63, 3.8) is 0 Å². The fourth-order valence-corrected chi connectivity index (χ4v) is 3.82. The van der Waals surface area contributed by atoms with E-state index in [2.05, 4.69) is 24.1 Å². The highest BCUT2D eigenvalue weighted by atomic mass is 16.3. The largest absolute Gasteiger partial charge is 0.385 e. The third kappa shape index (κ3) is 1.80. The molecule has 3 rings (SSSR count). The lowest BCUT2D eigenvalue weighted by Crippen LogP contribution is -2.42. The van der Waals surface area contributed by atoms with Crippen LogP contribution in [-0.4, -0.2) is 30.1 Å². The summed E-state index contributed by atoms with van der Waals surface area (Å²) in [5.74, 6) is 1.10. The van der Waals surface area contributed by atoms with Crippen LogP contribution in [0.4, 0.5) is 0 Å². The maximum Gasteiger partial charge on any atom is 0.0939 e. The van der Waals surface area contributed by atoms with Crippen LogP contribution >= 0.6 is 0 Å². The fraction of sp³-hybridized carbons (Fsp3) is 0.600. The topological polar surface area (TPSA) is 23.5 Å². The van der Waals surface area contributed by atoms with Crippen LogP contribution < -0.4 is 0 Å². The van der Waals surface area contributed by atoms with Gasteiger partial charge in [0.2, 0.25) is 0 Å². The van der Waals surface area contributed by atoms with Gasteiger partial charge >= 0.3 is 0 Å². The molecule has 0 bridgehead atoms. The Labute approximate surface area is 103 Å². The number of nitrogens with zero attached hydrogens (tertiary/aromatic N) is 1. The Bertz CT molecular complexity index is 391. The van der Waals surface area contributed by atoms with E-state index in [-0.39, 0.29) is 0 Å². The van der Waals surface area contributed by atoms with E-state index in [4.69, 9.17) is 0 Å². The summed E-state index contributed by atoms with van der Waals surface area (Å²) in [4.78, 5) is 2.37. The molecule has 0 aromatic heterocycles. The lowest BCUT2D eigenvalue weighted by Gasteiger charge is -2.41. The van der Waals surface area contributed by atoms with Crippen molar-refractivity contribution in [1.29, 1.82) is 0 Å². The molecule has 1 heterocycles. The second-order valence-corrected chi connectivity index (χ2v) is 5.77. The number of aliphatic hydroxyl groups is 1. The minimum Gasteiger partial charge on any atom is -0.385 e. The number of benzene rings is 1. The van der Waals surface area contributed by atoms with Crippen molar-refractivity contribution < 1.29 is 5.11 Å². The van der Waals surface area contributed by atoms with Crippen LogP contribution in [0.1, 0.15) is 24.8 Å². The molecule has 0 radical (unpaired) electrons. The molecule has 1 aliphatic carbocycles. The van der Waals surface area contributed by atoms with Gasteiger partial charge in [0.05, 0.1) is 5.60 Å². The number of rotatable bonds is 1. The predicted molar refractivity (Wildman–Crippen MR) is 68.7 cm³/mol. The zero-order valence-corrected chi connectivity index (χ0v) is 10.5. The smallest absolute Gasteiger partial charge is 0.0939 e. The van der Waals surface area contributed by atoms with Gasteiger partial charge in [-0.05, 0) is 37.8 Å². The minimum absolute atomic E-state index is 0.420. The van der Waals surface area contributed by atoms with Gasteiger partial charge < -0.3 is 10.0 Å². The summed E-state index contributed by atoms with van der Waals surface area (Å²) >= 11 is 0. The highest BCUT2D eigenvalue weighted by Crippen LogP contribution is 2.47. The molecule has 2 heteroatoms. The zero-order valence-electron chi connectivity index (χ0n) is 10.5. The van der Waals surface area contributed by atoms with E-state index in [1.165, 1.54) is 6.42 Å². The standard InChI is InChI=1S/C15H21NO/c1-16-10-12-6-5-9-15(17,14(12)11-16)13-7-3-2-4-8-13/h2-4,7-8,12,14,17H,5-6,9-11H2,1H3/t12?,14?,15-/m0/s1. The average molecular weight is 231 g/mol. The van der Waals surface area contributed by atoms with Crippen molar-refractivity contribution in [3.05, 3.63) is 35.9 Å². The third-order valence-corrected chi connectivity index (χ3v) is 4.64. The van der Waals surface area contributed by atoms with Crippen LogP contribution in [0.5, 0.6) is 0 Å². The van der Waals surface area contributed by atoms with Crippen molar-refractivity contribution in [3.8, 4) is 0 Å². The summed E-state index contributed by atoms with van der Waals surface area (Å²) < 4.78 is 0. The Kier molecular flexibility index (Phi) is 2.72. The van der Waals surface area contributed by atoms with E-state index in [0.717, 1.165) is 31.5 Å². The van der Waals surface area contributed by atoms with E-state index < -0.39 is 5.60 Å². The molecule has 0 spiro atoms. The van der Waals surface area contributed by atoms with E-state index in [1.807, 2.05) is 18.2 Å². The summed E-state index contributed by atoms with van der Waals surface area (Å²) in [6, 6.07) is 10.3. The Morgan fingerprint density at radius 3 is 2.76 bits per heavy atom. The molecule has 2 nitrogen and oxygen atoms in total. The second kappa shape index (κ2) is 4.11. The van der Waals surface area contributed by atoms with E-state index >= 15 is 0 Å². The molecule has 0 amide bonds. The lowest BCUT2D eigenvalue weighted by molar-refractivity contribution is -0.0645. The third-order valence-electron chi connectivity index (χ3n) is 4.64. The van der Waals surface area contributed by atoms with Gasteiger partial charge in [0.15, 0.2) is 0 Å². The summed E-state index contributed by atoms with van der Waals surface area (Å²) in [5, 5.41) is 11.1. The summed E-state index contributed by atoms with van der Waals surface area (Å²) in [5.41, 5.74) is 0.527. The molecule has 1 saturated heterocycles. The Morgan fingerprint density at radius 2 is 2.00 bits per heavy atom. The normalized spacial score (nSPS) is 38.0. The molecule has 1 aliphatic heterocycles. The first-order valence-electron chi connectivity index (χ1n) is 6.66. The van der Waals surface area contributed by atoms with Gasteiger partial charge in [0.1, 0.15) is 0 Å². The first-order valence-corrected chi connectivity index (χ1v) is 6.66. The minimum atomic E-state index is -0.588. The molecule has 3 atom stereocenters. The first kappa shape index (κ1) is 11.2. The zero-order chi connectivity index (χ0) is 11.9. The van der Waals surface area contributed by atoms with E-state index in [0.29, 0.717) is 11.8 Å². The monoisotopic (exact) mass is 231 g/mol. The van der Waals surface area contributed by atoms with Crippen LogP contribution in [0.2, 0.25) is 0 Å². The van der Waals surface area contributed by atoms with Gasteiger partial charge in [0.25, 0.3) is 0 Å². The van der Waals surface area contributed by atoms with E-state index in [1.54, 1.807) is 0 Å². The van der Waals surface area contributed by atoms with Crippen molar-refractivity contribution >= 4 is 0 Å². The molecule has 1 aromatic rings. The first-order chi connectivity index (χ1) is 8.20. The predicted octanol–water partition coefficient (Wildman–Crippen LogP) is 2.24. The van der Waals surface area contributed by atoms with Crippen molar-refractivity contribution in [1.82, 2.24) is 4.90 Å². The van der Waals surface area contributed by atoms with Crippen molar-refractivity contribution in [2.24, 2.45) is 11.8 Å². The molecule has 17 heavy (non-hydrogen) atoms. The quantitative estimate of drug-likeness (QED) is 0.801. The highest BCUT2D eigenvalue weighted by Gasteiger charge is 2.48.